The molecule has 2 unspecified atom stereocenters. The van der Waals surface area contributed by atoms with E-state index in [4.69, 9.17) is 4.99 Å². The molecule has 4 rings (SSSR count). The van der Waals surface area contributed by atoms with E-state index < -0.39 is 0 Å². The van der Waals surface area contributed by atoms with Crippen LogP contribution in [0.2, 0.25) is 0 Å². The first-order valence-corrected chi connectivity index (χ1v) is 9.22. The number of nitrogens with one attached hydrogen (secondary N) is 1. The van der Waals surface area contributed by atoms with Crippen LogP contribution in [0.4, 0.5) is 5.69 Å². The third kappa shape index (κ3) is 3.19. The summed E-state index contributed by atoms with van der Waals surface area (Å²) in [5.74, 6) is 0.822. The van der Waals surface area contributed by atoms with Crippen LogP contribution in [-0.2, 0) is 4.79 Å². The van der Waals surface area contributed by atoms with Gasteiger partial charge in [0.05, 0.1) is 17.3 Å². The molecular weight excluding hydrogens is 326 g/mol. The number of anilines is 1. The summed E-state index contributed by atoms with van der Waals surface area (Å²) in [6, 6.07) is 9.36. The number of para-hydroxylation sites is 1. The molecule has 3 aliphatic heterocycles. The van der Waals surface area contributed by atoms with Crippen molar-refractivity contribution >= 4 is 29.9 Å². The zero-order valence-corrected chi connectivity index (χ0v) is 14.9. The molecule has 134 valence electrons. The van der Waals surface area contributed by atoms with Crippen molar-refractivity contribution in [3.8, 4) is 0 Å². The van der Waals surface area contributed by atoms with Gasteiger partial charge < -0.3 is 5.32 Å². The van der Waals surface area contributed by atoms with Gasteiger partial charge in [-0.05, 0) is 51.0 Å². The number of nitrogens with zero attached hydrogens (tertiary/aromatic N) is 4. The molecule has 6 heteroatoms. The minimum Gasteiger partial charge on any atom is -0.322 e. The third-order valence-corrected chi connectivity index (χ3v) is 4.98. The maximum absolute atomic E-state index is 13.1. The van der Waals surface area contributed by atoms with Crippen LogP contribution in [0, 0.1) is 0 Å². The van der Waals surface area contributed by atoms with Crippen molar-refractivity contribution in [2.75, 3.05) is 5.32 Å². The number of hydrogen-bond donors (Lipinski definition) is 1. The fraction of sp³-hybridized carbons (Fsp3) is 0.400. The van der Waals surface area contributed by atoms with Crippen LogP contribution in [0.15, 0.2) is 56.7 Å². The smallest absolute Gasteiger partial charge is 0.255 e. The van der Waals surface area contributed by atoms with E-state index in [9.17, 15) is 4.79 Å². The molecule has 2 atom stereocenters. The van der Waals surface area contributed by atoms with Crippen molar-refractivity contribution in [3.63, 3.8) is 0 Å². The molecule has 0 fully saturated rings. The zero-order chi connectivity index (χ0) is 17.9. The van der Waals surface area contributed by atoms with E-state index in [0.29, 0.717) is 5.57 Å². The zero-order valence-electron chi connectivity index (χ0n) is 14.9. The Labute approximate surface area is 153 Å². The average Bonchev–Trinajstić information content (AvgIpc) is 3.07. The quantitative estimate of drug-likeness (QED) is 0.909. The molecule has 1 aromatic carbocycles. The highest BCUT2D eigenvalue weighted by Crippen LogP contribution is 2.32. The van der Waals surface area contributed by atoms with Gasteiger partial charge in [-0.3, -0.25) is 9.79 Å². The number of allylic oxidation sites excluding steroid dienone is 1. The standard InChI is InChI=1S/C20H23N5O/c1-14-18(20(26)24-15-8-3-2-4-9-15)19(16-10-7-12-21-16)25-17(23-14)11-5-6-13-22-25/h2-4,8-9,12-13,16,19H,5-7,10-11H2,1H3,(H,24,26). The molecule has 0 radical (unpaired) electrons. The van der Waals surface area contributed by atoms with Gasteiger partial charge in [0, 0.05) is 18.3 Å². The topological polar surface area (TPSA) is 69.4 Å². The lowest BCUT2D eigenvalue weighted by molar-refractivity contribution is -0.113. The van der Waals surface area contributed by atoms with Crippen LogP contribution in [0.3, 0.4) is 0 Å². The van der Waals surface area contributed by atoms with Gasteiger partial charge in [-0.15, -0.1) is 0 Å². The predicted molar refractivity (Wildman–Crippen MR) is 105 cm³/mol. The lowest BCUT2D eigenvalue weighted by Gasteiger charge is -2.37. The number of fused-ring (bicyclic) bond motifs is 1. The molecule has 0 spiro atoms. The minimum atomic E-state index is -0.195. The number of amidine groups is 1. The maximum Gasteiger partial charge on any atom is 0.255 e. The second-order valence-electron chi connectivity index (χ2n) is 6.80. The SMILES string of the molecule is CC1=C(C(=O)Nc2ccccc2)C(C2CCC=N2)N2N=CCCCC2=N1. The second-order valence-corrected chi connectivity index (χ2v) is 6.80. The summed E-state index contributed by atoms with van der Waals surface area (Å²) in [5, 5.41) is 9.58. The average molecular weight is 349 g/mol. The normalized spacial score (nSPS) is 25.0. The lowest BCUT2D eigenvalue weighted by atomic mass is 9.93. The van der Waals surface area contributed by atoms with Gasteiger partial charge in [-0.1, -0.05) is 18.2 Å². The molecular formula is C20H23N5O. The Kier molecular flexibility index (Phi) is 4.65. The molecule has 3 aliphatic rings. The number of hydrazone groups is 1. The number of benzene rings is 1. The largest absolute Gasteiger partial charge is 0.322 e. The van der Waals surface area contributed by atoms with Gasteiger partial charge in [0.25, 0.3) is 5.91 Å². The lowest BCUT2D eigenvalue weighted by Crippen LogP contribution is -2.48. The second kappa shape index (κ2) is 7.23. The monoisotopic (exact) mass is 349 g/mol. The molecule has 1 amide bonds. The Morgan fingerprint density at radius 1 is 1.19 bits per heavy atom. The summed E-state index contributed by atoms with van der Waals surface area (Å²) in [4.78, 5) is 22.5. The highest BCUT2D eigenvalue weighted by Gasteiger charge is 2.40. The molecule has 3 heterocycles. The van der Waals surface area contributed by atoms with Gasteiger partial charge in [0.2, 0.25) is 0 Å². The predicted octanol–water partition coefficient (Wildman–Crippen LogP) is 3.38. The summed E-state index contributed by atoms with van der Waals surface area (Å²) in [5.41, 5.74) is 2.22. The van der Waals surface area contributed by atoms with E-state index >= 15 is 0 Å². The van der Waals surface area contributed by atoms with Crippen molar-refractivity contribution in [1.29, 1.82) is 0 Å². The maximum atomic E-state index is 13.1. The van der Waals surface area contributed by atoms with Crippen LogP contribution >= 0.6 is 0 Å². The van der Waals surface area contributed by atoms with Crippen molar-refractivity contribution in [3.05, 3.63) is 41.6 Å². The highest BCUT2D eigenvalue weighted by atomic mass is 16.1. The molecule has 0 aliphatic carbocycles. The molecule has 6 nitrogen and oxygen atoms in total. The van der Waals surface area contributed by atoms with Gasteiger partial charge in [-0.25, -0.2) is 10.0 Å². The molecule has 26 heavy (non-hydrogen) atoms. The number of carbonyl (C=O) groups is 1. The molecule has 0 aromatic heterocycles. The van der Waals surface area contributed by atoms with E-state index in [-0.39, 0.29) is 18.0 Å². The van der Waals surface area contributed by atoms with Gasteiger partial charge in [0.1, 0.15) is 11.9 Å². The van der Waals surface area contributed by atoms with Gasteiger partial charge in [-0.2, -0.15) is 5.10 Å². The summed E-state index contributed by atoms with van der Waals surface area (Å²) >= 11 is 0. The molecule has 0 saturated carbocycles. The van der Waals surface area contributed by atoms with Crippen LogP contribution in [0.5, 0.6) is 0 Å². The first kappa shape index (κ1) is 16.7. The van der Waals surface area contributed by atoms with Crippen molar-refractivity contribution < 1.29 is 4.79 Å². The summed E-state index contributed by atoms with van der Waals surface area (Å²) < 4.78 is 0. The number of amides is 1. The van der Waals surface area contributed by atoms with Crippen molar-refractivity contribution in [2.45, 2.75) is 51.1 Å². The van der Waals surface area contributed by atoms with Crippen LogP contribution in [-0.4, -0.2) is 41.3 Å². The Balaban J connectivity index is 1.72. The summed E-state index contributed by atoms with van der Waals surface area (Å²) in [6.45, 7) is 1.92. The molecule has 0 bridgehead atoms. The van der Waals surface area contributed by atoms with E-state index in [0.717, 1.165) is 49.3 Å². The number of aliphatic imine (C=N–C) groups is 2. The Morgan fingerprint density at radius 2 is 2.04 bits per heavy atom. The summed E-state index contributed by atoms with van der Waals surface area (Å²) in [6.07, 6.45) is 8.59. The number of hydrogen-bond acceptors (Lipinski definition) is 5. The van der Waals surface area contributed by atoms with Gasteiger partial charge in [0.15, 0.2) is 0 Å². The van der Waals surface area contributed by atoms with Crippen molar-refractivity contribution in [2.24, 2.45) is 15.1 Å². The molecule has 1 N–H and O–H groups in total. The Morgan fingerprint density at radius 3 is 2.81 bits per heavy atom. The first-order chi connectivity index (χ1) is 12.7. The minimum absolute atomic E-state index is 0.0298. The fourth-order valence-corrected chi connectivity index (χ4v) is 3.75. The molecule has 0 saturated heterocycles. The van der Waals surface area contributed by atoms with Crippen molar-refractivity contribution in [1.82, 2.24) is 5.01 Å². The number of rotatable bonds is 3. The fourth-order valence-electron chi connectivity index (χ4n) is 3.75. The van der Waals surface area contributed by atoms with Crippen LogP contribution < -0.4 is 5.32 Å². The van der Waals surface area contributed by atoms with E-state index in [1.807, 2.05) is 54.7 Å². The highest BCUT2D eigenvalue weighted by molar-refractivity contribution is 6.07. The van der Waals surface area contributed by atoms with E-state index in [1.54, 1.807) is 0 Å². The van der Waals surface area contributed by atoms with E-state index in [2.05, 4.69) is 15.4 Å². The number of carbonyl (C=O) groups excluding carboxylic acids is 1. The Hall–Kier alpha value is -2.76. The molecule has 1 aromatic rings. The first-order valence-electron chi connectivity index (χ1n) is 9.22. The van der Waals surface area contributed by atoms with Crippen LogP contribution in [0.25, 0.3) is 0 Å². The summed E-state index contributed by atoms with van der Waals surface area (Å²) in [7, 11) is 0. The Bertz CT molecular complexity index is 809. The van der Waals surface area contributed by atoms with Gasteiger partial charge >= 0.3 is 0 Å². The third-order valence-electron chi connectivity index (χ3n) is 4.98. The van der Waals surface area contributed by atoms with Crippen LogP contribution in [0.1, 0.15) is 39.0 Å². The van der Waals surface area contributed by atoms with E-state index in [1.165, 1.54) is 0 Å².